The van der Waals surface area contributed by atoms with E-state index in [9.17, 15) is 5.11 Å². The van der Waals surface area contributed by atoms with Gasteiger partial charge in [-0.05, 0) is 37.6 Å². The summed E-state index contributed by atoms with van der Waals surface area (Å²) in [6, 6.07) is 7.70. The maximum absolute atomic E-state index is 10.4. The van der Waals surface area contributed by atoms with Crippen molar-refractivity contribution < 1.29 is 9.84 Å². The van der Waals surface area contributed by atoms with Crippen molar-refractivity contribution in [2.45, 2.75) is 32.9 Å². The number of hydrogen-bond donors (Lipinski definition) is 1. The minimum absolute atomic E-state index is 0.0980. The van der Waals surface area contributed by atoms with Gasteiger partial charge in [-0.25, -0.2) is 0 Å². The molecule has 0 saturated heterocycles. The molecule has 0 aliphatic rings. The highest BCUT2D eigenvalue weighted by Crippen LogP contribution is 2.22. The summed E-state index contributed by atoms with van der Waals surface area (Å²) in [7, 11) is 3.70. The quantitative estimate of drug-likeness (QED) is 0.844. The lowest BCUT2D eigenvalue weighted by Crippen LogP contribution is -2.36. The van der Waals surface area contributed by atoms with Crippen LogP contribution < -0.4 is 4.74 Å². The standard InChI is InChI=1S/C15H25NO2/c1-11(2)10-16(4)12(3)15(17)13-6-8-14(18-5)9-7-13/h6-9,11-12,15,17H,10H2,1-5H3. The van der Waals surface area contributed by atoms with Crippen LogP contribution in [0.1, 0.15) is 32.4 Å². The van der Waals surface area contributed by atoms with Gasteiger partial charge in [-0.1, -0.05) is 26.0 Å². The molecule has 0 amide bonds. The maximum atomic E-state index is 10.4. The number of aliphatic hydroxyl groups excluding tert-OH is 1. The van der Waals surface area contributed by atoms with E-state index in [0.29, 0.717) is 5.92 Å². The lowest BCUT2D eigenvalue weighted by molar-refractivity contribution is 0.0668. The Hall–Kier alpha value is -1.06. The summed E-state index contributed by atoms with van der Waals surface area (Å²) < 4.78 is 5.12. The zero-order valence-electron chi connectivity index (χ0n) is 12.1. The predicted octanol–water partition coefficient (Wildman–Crippen LogP) is 2.70. The summed E-state index contributed by atoms with van der Waals surface area (Å²) >= 11 is 0. The van der Waals surface area contributed by atoms with Crippen molar-refractivity contribution in [2.75, 3.05) is 20.7 Å². The molecule has 0 spiro atoms. The normalized spacial score (nSPS) is 14.9. The molecule has 1 N–H and O–H groups in total. The highest BCUT2D eigenvalue weighted by atomic mass is 16.5. The number of nitrogens with zero attached hydrogens (tertiary/aromatic N) is 1. The van der Waals surface area contributed by atoms with Gasteiger partial charge in [-0.15, -0.1) is 0 Å². The van der Waals surface area contributed by atoms with E-state index in [4.69, 9.17) is 4.74 Å². The molecule has 2 atom stereocenters. The Balaban J connectivity index is 2.69. The Bertz CT molecular complexity index is 348. The topological polar surface area (TPSA) is 32.7 Å². The van der Waals surface area contributed by atoms with Crippen molar-refractivity contribution in [1.82, 2.24) is 4.90 Å². The SMILES string of the molecule is COc1ccc(C(O)C(C)N(C)CC(C)C)cc1. The molecule has 0 aliphatic heterocycles. The van der Waals surface area contributed by atoms with Crippen molar-refractivity contribution in [2.24, 2.45) is 5.92 Å². The molecule has 0 bridgehead atoms. The van der Waals surface area contributed by atoms with Crippen LogP contribution in [0, 0.1) is 5.92 Å². The van der Waals surface area contributed by atoms with Gasteiger partial charge in [-0.3, -0.25) is 0 Å². The fraction of sp³-hybridized carbons (Fsp3) is 0.600. The van der Waals surface area contributed by atoms with Crippen LogP contribution in [0.5, 0.6) is 5.75 Å². The Morgan fingerprint density at radius 1 is 1.17 bits per heavy atom. The van der Waals surface area contributed by atoms with Gasteiger partial charge in [0.15, 0.2) is 0 Å². The summed E-state index contributed by atoms with van der Waals surface area (Å²) in [5, 5.41) is 10.4. The van der Waals surface area contributed by atoms with E-state index in [1.54, 1.807) is 7.11 Å². The second kappa shape index (κ2) is 6.76. The summed E-state index contributed by atoms with van der Waals surface area (Å²) in [6.45, 7) is 7.40. The van der Waals surface area contributed by atoms with E-state index in [-0.39, 0.29) is 6.04 Å². The largest absolute Gasteiger partial charge is 0.497 e. The van der Waals surface area contributed by atoms with Gasteiger partial charge >= 0.3 is 0 Å². The van der Waals surface area contributed by atoms with E-state index in [2.05, 4.69) is 32.7 Å². The molecule has 0 saturated carbocycles. The summed E-state index contributed by atoms with van der Waals surface area (Å²) in [6.07, 6.45) is -0.473. The van der Waals surface area contributed by atoms with E-state index in [1.807, 2.05) is 24.3 Å². The number of ether oxygens (including phenoxy) is 1. The Labute approximate surface area is 110 Å². The predicted molar refractivity (Wildman–Crippen MR) is 74.9 cm³/mol. The van der Waals surface area contributed by atoms with Crippen LogP contribution in [0.3, 0.4) is 0 Å². The number of benzene rings is 1. The number of methoxy groups -OCH3 is 1. The molecule has 0 aliphatic carbocycles. The third kappa shape index (κ3) is 4.00. The third-order valence-corrected chi connectivity index (χ3v) is 3.26. The molecule has 18 heavy (non-hydrogen) atoms. The van der Waals surface area contributed by atoms with Gasteiger partial charge in [0.25, 0.3) is 0 Å². The molecule has 0 radical (unpaired) electrons. The molecule has 3 heteroatoms. The Kier molecular flexibility index (Phi) is 5.63. The van der Waals surface area contributed by atoms with E-state index >= 15 is 0 Å². The van der Waals surface area contributed by atoms with E-state index in [1.165, 1.54) is 0 Å². The average Bonchev–Trinajstić information content (AvgIpc) is 2.36. The molecule has 0 aromatic heterocycles. The van der Waals surface area contributed by atoms with E-state index < -0.39 is 6.10 Å². The molecule has 1 aromatic carbocycles. The van der Waals surface area contributed by atoms with Gasteiger partial charge in [0, 0.05) is 12.6 Å². The number of hydrogen-bond acceptors (Lipinski definition) is 3. The number of rotatable bonds is 6. The summed E-state index contributed by atoms with van der Waals surface area (Å²) in [5.74, 6) is 1.41. The van der Waals surface area contributed by atoms with Gasteiger partial charge in [0.1, 0.15) is 5.75 Å². The smallest absolute Gasteiger partial charge is 0.118 e. The van der Waals surface area contributed by atoms with Gasteiger partial charge in [0.2, 0.25) is 0 Å². The fourth-order valence-electron chi connectivity index (χ4n) is 2.06. The van der Waals surface area contributed by atoms with Crippen LogP contribution in [-0.4, -0.2) is 36.8 Å². The lowest BCUT2D eigenvalue weighted by Gasteiger charge is -2.30. The zero-order valence-corrected chi connectivity index (χ0v) is 12.1. The van der Waals surface area contributed by atoms with Crippen molar-refractivity contribution in [3.63, 3.8) is 0 Å². The van der Waals surface area contributed by atoms with Crippen molar-refractivity contribution in [1.29, 1.82) is 0 Å². The first kappa shape index (κ1) is 15.0. The van der Waals surface area contributed by atoms with Crippen molar-refractivity contribution in [3.05, 3.63) is 29.8 Å². The minimum atomic E-state index is -0.473. The van der Waals surface area contributed by atoms with E-state index in [0.717, 1.165) is 17.9 Å². The van der Waals surface area contributed by atoms with Crippen molar-refractivity contribution >= 4 is 0 Å². The second-order valence-electron chi connectivity index (χ2n) is 5.29. The Morgan fingerprint density at radius 3 is 2.17 bits per heavy atom. The molecule has 102 valence electrons. The summed E-state index contributed by atoms with van der Waals surface area (Å²) in [5.41, 5.74) is 0.930. The second-order valence-corrected chi connectivity index (χ2v) is 5.29. The average molecular weight is 251 g/mol. The van der Waals surface area contributed by atoms with Crippen molar-refractivity contribution in [3.8, 4) is 5.75 Å². The van der Waals surface area contributed by atoms with Gasteiger partial charge in [-0.2, -0.15) is 0 Å². The van der Waals surface area contributed by atoms with Crippen LogP contribution in [0.4, 0.5) is 0 Å². The molecular formula is C15H25NO2. The third-order valence-electron chi connectivity index (χ3n) is 3.26. The summed E-state index contributed by atoms with van der Waals surface area (Å²) in [4.78, 5) is 2.19. The first-order chi connectivity index (χ1) is 8.45. The monoisotopic (exact) mass is 251 g/mol. The zero-order chi connectivity index (χ0) is 13.7. The minimum Gasteiger partial charge on any atom is -0.497 e. The van der Waals surface area contributed by atoms with Gasteiger partial charge in [0.05, 0.1) is 13.2 Å². The molecule has 0 heterocycles. The first-order valence-corrected chi connectivity index (χ1v) is 6.48. The fourth-order valence-corrected chi connectivity index (χ4v) is 2.06. The van der Waals surface area contributed by atoms with Crippen LogP contribution in [0.2, 0.25) is 0 Å². The molecule has 1 rings (SSSR count). The molecule has 1 aromatic rings. The molecule has 3 nitrogen and oxygen atoms in total. The Morgan fingerprint density at radius 2 is 1.72 bits per heavy atom. The van der Waals surface area contributed by atoms with Crippen LogP contribution >= 0.6 is 0 Å². The highest BCUT2D eigenvalue weighted by Gasteiger charge is 2.20. The molecular weight excluding hydrogens is 226 g/mol. The number of likely N-dealkylation sites (N-methyl/N-ethyl adjacent to an activating group) is 1. The molecule has 2 unspecified atom stereocenters. The lowest BCUT2D eigenvalue weighted by atomic mass is 10.0. The maximum Gasteiger partial charge on any atom is 0.118 e. The highest BCUT2D eigenvalue weighted by molar-refractivity contribution is 5.28. The van der Waals surface area contributed by atoms with Gasteiger partial charge < -0.3 is 14.7 Å². The van der Waals surface area contributed by atoms with Crippen LogP contribution in [-0.2, 0) is 0 Å². The van der Waals surface area contributed by atoms with Crippen LogP contribution in [0.25, 0.3) is 0 Å². The van der Waals surface area contributed by atoms with Crippen LogP contribution in [0.15, 0.2) is 24.3 Å². The molecule has 0 fully saturated rings. The first-order valence-electron chi connectivity index (χ1n) is 6.48. The number of aliphatic hydroxyl groups is 1.